The molecule has 1 fully saturated rings. The SMILES string of the molecule is CCCCC1CN2CC(c3ccc(OC)cc3)c3cc(OC)c(OC)cc3C2CC1N. The number of methoxy groups -OCH3 is 3. The predicted octanol–water partition coefficient (Wildman–Crippen LogP) is 4.74. The predicted molar refractivity (Wildman–Crippen MR) is 124 cm³/mol. The summed E-state index contributed by atoms with van der Waals surface area (Å²) in [4.78, 5) is 2.66. The lowest BCUT2D eigenvalue weighted by Crippen LogP contribution is -2.51. The van der Waals surface area contributed by atoms with Crippen LogP contribution in [0.15, 0.2) is 36.4 Å². The Kier molecular flexibility index (Phi) is 6.73. The Morgan fingerprint density at radius 1 is 0.935 bits per heavy atom. The summed E-state index contributed by atoms with van der Waals surface area (Å²) in [5, 5.41) is 0. The molecular formula is C26H36N2O3. The zero-order valence-corrected chi connectivity index (χ0v) is 19.3. The van der Waals surface area contributed by atoms with E-state index in [4.69, 9.17) is 19.9 Å². The van der Waals surface area contributed by atoms with Gasteiger partial charge in [-0.3, -0.25) is 4.90 Å². The second-order valence-corrected chi connectivity index (χ2v) is 8.93. The number of fused-ring (bicyclic) bond motifs is 3. The minimum absolute atomic E-state index is 0.242. The fourth-order valence-corrected chi connectivity index (χ4v) is 5.42. The van der Waals surface area contributed by atoms with Crippen molar-refractivity contribution in [1.82, 2.24) is 4.90 Å². The van der Waals surface area contributed by atoms with E-state index in [-0.39, 0.29) is 12.0 Å². The van der Waals surface area contributed by atoms with E-state index in [9.17, 15) is 0 Å². The number of hydrogen-bond acceptors (Lipinski definition) is 5. The number of benzene rings is 2. The van der Waals surface area contributed by atoms with E-state index in [2.05, 4.69) is 48.2 Å². The highest BCUT2D eigenvalue weighted by molar-refractivity contribution is 5.53. The van der Waals surface area contributed by atoms with Crippen molar-refractivity contribution in [2.24, 2.45) is 11.7 Å². The molecule has 0 saturated carbocycles. The van der Waals surface area contributed by atoms with Gasteiger partial charge in [-0.2, -0.15) is 0 Å². The lowest BCUT2D eigenvalue weighted by atomic mass is 9.75. The largest absolute Gasteiger partial charge is 0.497 e. The average Bonchev–Trinajstić information content (AvgIpc) is 2.81. The van der Waals surface area contributed by atoms with Gasteiger partial charge >= 0.3 is 0 Å². The normalized spacial score (nSPS) is 25.5. The Morgan fingerprint density at radius 3 is 2.23 bits per heavy atom. The van der Waals surface area contributed by atoms with E-state index in [0.717, 1.165) is 36.8 Å². The molecule has 4 rings (SSSR count). The number of rotatable bonds is 7. The van der Waals surface area contributed by atoms with Gasteiger partial charge in [0.15, 0.2) is 11.5 Å². The molecule has 168 valence electrons. The van der Waals surface area contributed by atoms with Gasteiger partial charge < -0.3 is 19.9 Å². The average molecular weight is 425 g/mol. The van der Waals surface area contributed by atoms with Crippen LogP contribution in [0.4, 0.5) is 0 Å². The van der Waals surface area contributed by atoms with Crippen LogP contribution in [0.1, 0.15) is 61.3 Å². The van der Waals surface area contributed by atoms with Gasteiger partial charge in [-0.1, -0.05) is 31.9 Å². The molecule has 4 atom stereocenters. The van der Waals surface area contributed by atoms with Crippen LogP contribution in [0.2, 0.25) is 0 Å². The van der Waals surface area contributed by atoms with Crippen LogP contribution in [-0.2, 0) is 0 Å². The quantitative estimate of drug-likeness (QED) is 0.696. The molecule has 31 heavy (non-hydrogen) atoms. The first-order valence-corrected chi connectivity index (χ1v) is 11.5. The maximum atomic E-state index is 6.69. The van der Waals surface area contributed by atoms with Crippen molar-refractivity contribution in [2.75, 3.05) is 34.4 Å². The van der Waals surface area contributed by atoms with Crippen LogP contribution in [0.25, 0.3) is 0 Å². The van der Waals surface area contributed by atoms with E-state index >= 15 is 0 Å². The van der Waals surface area contributed by atoms with Crippen LogP contribution < -0.4 is 19.9 Å². The Hall–Kier alpha value is -2.24. The van der Waals surface area contributed by atoms with Crippen LogP contribution >= 0.6 is 0 Å². The fraction of sp³-hybridized carbons (Fsp3) is 0.538. The summed E-state index contributed by atoms with van der Waals surface area (Å²) in [5.41, 5.74) is 10.6. The molecule has 5 nitrogen and oxygen atoms in total. The van der Waals surface area contributed by atoms with Crippen LogP contribution in [0.5, 0.6) is 17.2 Å². The minimum atomic E-state index is 0.242. The Bertz CT molecular complexity index is 883. The Labute approximate surface area is 186 Å². The first-order chi connectivity index (χ1) is 15.1. The van der Waals surface area contributed by atoms with Crippen molar-refractivity contribution < 1.29 is 14.2 Å². The molecule has 4 unspecified atom stereocenters. The van der Waals surface area contributed by atoms with Crippen LogP contribution in [-0.4, -0.2) is 45.4 Å². The number of nitrogens with zero attached hydrogens (tertiary/aromatic N) is 1. The molecule has 0 radical (unpaired) electrons. The molecule has 2 aromatic rings. The summed E-state index contributed by atoms with van der Waals surface area (Å²) in [7, 11) is 5.12. The highest BCUT2D eigenvalue weighted by atomic mass is 16.5. The van der Waals surface area contributed by atoms with Gasteiger partial charge in [-0.05, 0) is 59.7 Å². The van der Waals surface area contributed by atoms with Gasteiger partial charge in [0.25, 0.3) is 0 Å². The van der Waals surface area contributed by atoms with Crippen molar-refractivity contribution in [3.8, 4) is 17.2 Å². The molecule has 1 saturated heterocycles. The molecule has 5 heteroatoms. The number of nitrogens with two attached hydrogens (primary N) is 1. The third-order valence-electron chi connectivity index (χ3n) is 7.20. The second kappa shape index (κ2) is 9.49. The Morgan fingerprint density at radius 2 is 1.61 bits per heavy atom. The molecule has 0 spiro atoms. The van der Waals surface area contributed by atoms with E-state index in [1.807, 2.05) is 0 Å². The van der Waals surface area contributed by atoms with Gasteiger partial charge in [0.2, 0.25) is 0 Å². The zero-order valence-electron chi connectivity index (χ0n) is 19.3. The maximum Gasteiger partial charge on any atom is 0.161 e. The van der Waals surface area contributed by atoms with Crippen molar-refractivity contribution in [3.63, 3.8) is 0 Å². The lowest BCUT2D eigenvalue weighted by Gasteiger charge is -2.48. The minimum Gasteiger partial charge on any atom is -0.497 e. The molecule has 2 N–H and O–H groups in total. The number of unbranched alkanes of at least 4 members (excludes halogenated alkanes) is 1. The summed E-state index contributed by atoms with van der Waals surface area (Å²) in [6.07, 6.45) is 4.68. The Balaban J connectivity index is 1.75. The molecule has 2 aliphatic heterocycles. The number of hydrogen-bond donors (Lipinski definition) is 1. The first-order valence-electron chi connectivity index (χ1n) is 11.5. The van der Waals surface area contributed by atoms with Crippen molar-refractivity contribution >= 4 is 0 Å². The van der Waals surface area contributed by atoms with Gasteiger partial charge in [-0.15, -0.1) is 0 Å². The van der Waals surface area contributed by atoms with Gasteiger partial charge in [-0.25, -0.2) is 0 Å². The van der Waals surface area contributed by atoms with E-state index < -0.39 is 0 Å². The summed E-state index contributed by atoms with van der Waals surface area (Å²) in [5.74, 6) is 3.30. The molecule has 0 amide bonds. The number of piperidine rings is 1. The van der Waals surface area contributed by atoms with Crippen molar-refractivity contribution in [2.45, 2.75) is 50.6 Å². The highest BCUT2D eigenvalue weighted by Gasteiger charge is 2.41. The summed E-state index contributed by atoms with van der Waals surface area (Å²) in [6, 6.07) is 13.4. The first kappa shape index (κ1) is 22.0. The molecule has 2 heterocycles. The molecule has 2 aromatic carbocycles. The van der Waals surface area contributed by atoms with E-state index in [0.29, 0.717) is 12.0 Å². The number of ether oxygens (including phenoxy) is 3. The monoisotopic (exact) mass is 424 g/mol. The maximum absolute atomic E-state index is 6.69. The lowest BCUT2D eigenvalue weighted by molar-refractivity contribution is 0.0728. The molecule has 0 aliphatic carbocycles. The molecule has 0 aromatic heterocycles. The van der Waals surface area contributed by atoms with Crippen molar-refractivity contribution in [3.05, 3.63) is 53.1 Å². The third-order valence-corrected chi connectivity index (χ3v) is 7.20. The van der Waals surface area contributed by atoms with Crippen LogP contribution in [0, 0.1) is 5.92 Å². The summed E-state index contributed by atoms with van der Waals surface area (Å²) in [6.45, 7) is 4.31. The molecular weight excluding hydrogens is 388 g/mol. The van der Waals surface area contributed by atoms with Gasteiger partial charge in [0.1, 0.15) is 5.75 Å². The smallest absolute Gasteiger partial charge is 0.161 e. The molecule has 0 bridgehead atoms. The topological polar surface area (TPSA) is 57.0 Å². The standard InChI is InChI=1S/C26H36N2O3/c1-5-6-7-18-15-28-16-22(17-8-10-19(29-2)11-9-17)20-12-25(30-3)26(31-4)13-21(20)24(28)14-23(18)27/h8-13,18,22-24H,5-7,14-16,27H2,1-4H3. The van der Waals surface area contributed by atoms with E-state index in [1.54, 1.807) is 21.3 Å². The molecule has 2 aliphatic rings. The van der Waals surface area contributed by atoms with Crippen LogP contribution in [0.3, 0.4) is 0 Å². The summed E-state index contributed by atoms with van der Waals surface area (Å²) < 4.78 is 16.7. The fourth-order valence-electron chi connectivity index (χ4n) is 5.42. The van der Waals surface area contributed by atoms with Gasteiger partial charge in [0, 0.05) is 31.1 Å². The van der Waals surface area contributed by atoms with Gasteiger partial charge in [0.05, 0.1) is 21.3 Å². The second-order valence-electron chi connectivity index (χ2n) is 8.93. The third kappa shape index (κ3) is 4.26. The highest BCUT2D eigenvalue weighted by Crippen LogP contribution is 2.48. The summed E-state index contributed by atoms with van der Waals surface area (Å²) >= 11 is 0. The zero-order chi connectivity index (χ0) is 22.0. The van der Waals surface area contributed by atoms with E-state index in [1.165, 1.54) is 36.0 Å². The van der Waals surface area contributed by atoms with Crippen molar-refractivity contribution in [1.29, 1.82) is 0 Å².